The highest BCUT2D eigenvalue weighted by molar-refractivity contribution is 9.10. The Bertz CT molecular complexity index is 853. The number of amides is 1. The molecule has 2 aromatic carbocycles. The molecule has 3 rings (SSSR count). The summed E-state index contributed by atoms with van der Waals surface area (Å²) in [6.45, 7) is 0. The average Bonchev–Trinajstić information content (AvgIpc) is 2.96. The fourth-order valence-corrected chi connectivity index (χ4v) is 3.23. The lowest BCUT2D eigenvalue weighted by molar-refractivity contribution is -0.115. The van der Waals surface area contributed by atoms with E-state index in [9.17, 15) is 4.79 Å². The minimum atomic E-state index is -0.0720. The third-order valence-electron chi connectivity index (χ3n) is 3.21. The van der Waals surface area contributed by atoms with E-state index in [4.69, 9.17) is 0 Å². The second kappa shape index (κ2) is 7.59. The van der Waals surface area contributed by atoms with E-state index < -0.39 is 0 Å². The molecule has 6 nitrogen and oxygen atoms in total. The first-order valence-electron chi connectivity index (χ1n) is 7.15. The average molecular weight is 404 g/mol. The molecule has 1 aromatic heterocycles. The van der Waals surface area contributed by atoms with Crippen LogP contribution in [0, 0.1) is 0 Å². The molecule has 0 aliphatic rings. The lowest BCUT2D eigenvalue weighted by Gasteiger charge is -2.11. The smallest absolute Gasteiger partial charge is 0.228 e. The van der Waals surface area contributed by atoms with Crippen molar-refractivity contribution < 1.29 is 4.79 Å². The van der Waals surface area contributed by atoms with Gasteiger partial charge < -0.3 is 5.32 Å². The zero-order valence-electron chi connectivity index (χ0n) is 12.8. The van der Waals surface area contributed by atoms with Crippen molar-refractivity contribution >= 4 is 39.3 Å². The van der Waals surface area contributed by atoms with Crippen molar-refractivity contribution in [2.24, 2.45) is 7.05 Å². The Morgan fingerprint density at radius 1 is 1.25 bits per heavy atom. The Balaban J connectivity index is 1.78. The van der Waals surface area contributed by atoms with E-state index in [1.165, 1.54) is 11.8 Å². The molecule has 1 heterocycles. The molecule has 0 radical (unpaired) electrons. The van der Waals surface area contributed by atoms with Crippen molar-refractivity contribution in [3.63, 3.8) is 0 Å². The molecule has 24 heavy (non-hydrogen) atoms. The highest BCUT2D eigenvalue weighted by Crippen LogP contribution is 2.33. The number of halogens is 1. The summed E-state index contributed by atoms with van der Waals surface area (Å²) in [4.78, 5) is 13.2. The number of nitrogens with one attached hydrogen (secondary N) is 1. The van der Waals surface area contributed by atoms with E-state index in [1.807, 2.05) is 48.5 Å². The molecule has 8 heteroatoms. The van der Waals surface area contributed by atoms with Crippen molar-refractivity contribution in [3.8, 4) is 0 Å². The van der Waals surface area contributed by atoms with Gasteiger partial charge in [-0.1, -0.05) is 46.3 Å². The van der Waals surface area contributed by atoms with Gasteiger partial charge in [-0.05, 0) is 46.0 Å². The maximum absolute atomic E-state index is 12.3. The summed E-state index contributed by atoms with van der Waals surface area (Å²) >= 11 is 4.84. The molecule has 1 amide bonds. The SMILES string of the molecule is Cn1nnnc1Sc1ccc(Br)cc1NC(=O)Cc1ccccc1. The standard InChI is InChI=1S/C16H14BrN5OS/c1-22-16(19-20-21-22)24-14-8-7-12(17)10-13(14)18-15(23)9-11-5-3-2-4-6-11/h2-8,10H,9H2,1H3,(H,18,23). The first kappa shape index (κ1) is 16.7. The molecule has 0 saturated carbocycles. The number of nitrogens with zero attached hydrogens (tertiary/aromatic N) is 4. The van der Waals surface area contributed by atoms with Gasteiger partial charge in [0.15, 0.2) is 0 Å². The van der Waals surface area contributed by atoms with E-state index in [-0.39, 0.29) is 5.91 Å². The topological polar surface area (TPSA) is 72.7 Å². The second-order valence-electron chi connectivity index (χ2n) is 5.04. The first-order valence-corrected chi connectivity index (χ1v) is 8.76. The number of rotatable bonds is 5. The minimum absolute atomic E-state index is 0.0720. The van der Waals surface area contributed by atoms with Gasteiger partial charge >= 0.3 is 0 Å². The lowest BCUT2D eigenvalue weighted by Crippen LogP contribution is -2.15. The Labute approximate surface area is 151 Å². The number of anilines is 1. The molecule has 0 aliphatic heterocycles. The van der Waals surface area contributed by atoms with Crippen LogP contribution in [0.1, 0.15) is 5.56 Å². The predicted molar refractivity (Wildman–Crippen MR) is 95.8 cm³/mol. The summed E-state index contributed by atoms with van der Waals surface area (Å²) in [7, 11) is 1.77. The van der Waals surface area contributed by atoms with Crippen LogP contribution in [0.3, 0.4) is 0 Å². The second-order valence-corrected chi connectivity index (χ2v) is 6.96. The van der Waals surface area contributed by atoms with E-state index in [0.717, 1.165) is 20.6 Å². The van der Waals surface area contributed by atoms with E-state index in [2.05, 4.69) is 36.8 Å². The van der Waals surface area contributed by atoms with Gasteiger partial charge in [-0.2, -0.15) is 0 Å². The minimum Gasteiger partial charge on any atom is -0.325 e. The van der Waals surface area contributed by atoms with Crippen molar-refractivity contribution in [3.05, 3.63) is 58.6 Å². The molecule has 0 atom stereocenters. The molecule has 122 valence electrons. The number of hydrogen-bond donors (Lipinski definition) is 1. The molecular formula is C16H14BrN5OS. The molecule has 0 bridgehead atoms. The van der Waals surface area contributed by atoms with E-state index in [1.54, 1.807) is 11.7 Å². The third-order valence-corrected chi connectivity index (χ3v) is 4.80. The molecule has 3 aromatic rings. The van der Waals surface area contributed by atoms with E-state index >= 15 is 0 Å². The van der Waals surface area contributed by atoms with Crippen LogP contribution in [0.4, 0.5) is 5.69 Å². The maximum Gasteiger partial charge on any atom is 0.228 e. The Hall–Kier alpha value is -2.19. The number of benzene rings is 2. The summed E-state index contributed by atoms with van der Waals surface area (Å²) in [5.74, 6) is -0.0720. The molecule has 0 fully saturated rings. The number of aryl methyl sites for hydroxylation is 1. The van der Waals surface area contributed by atoms with Crippen LogP contribution in [-0.4, -0.2) is 26.1 Å². The van der Waals surface area contributed by atoms with Crippen LogP contribution in [0.2, 0.25) is 0 Å². The lowest BCUT2D eigenvalue weighted by atomic mass is 10.1. The van der Waals surface area contributed by atoms with Crippen LogP contribution < -0.4 is 5.32 Å². The van der Waals surface area contributed by atoms with Gasteiger partial charge in [0.25, 0.3) is 0 Å². The van der Waals surface area contributed by atoms with Crippen molar-refractivity contribution in [2.45, 2.75) is 16.5 Å². The Morgan fingerprint density at radius 3 is 2.75 bits per heavy atom. The van der Waals surface area contributed by atoms with Gasteiger partial charge in [0.05, 0.1) is 12.1 Å². The highest BCUT2D eigenvalue weighted by atomic mass is 79.9. The molecule has 0 saturated heterocycles. The number of carbonyl (C=O) groups is 1. The van der Waals surface area contributed by atoms with E-state index in [0.29, 0.717) is 11.6 Å². The highest BCUT2D eigenvalue weighted by Gasteiger charge is 2.12. The number of tetrazole rings is 1. The molecule has 0 aliphatic carbocycles. The van der Waals surface area contributed by atoms with Crippen LogP contribution >= 0.6 is 27.7 Å². The van der Waals surface area contributed by atoms with Gasteiger partial charge in [-0.15, -0.1) is 5.10 Å². The van der Waals surface area contributed by atoms with Gasteiger partial charge in [0.2, 0.25) is 11.1 Å². The van der Waals surface area contributed by atoms with Crippen LogP contribution in [0.5, 0.6) is 0 Å². The predicted octanol–water partition coefficient (Wildman–Crippen LogP) is 3.31. The van der Waals surface area contributed by atoms with Gasteiger partial charge in [0, 0.05) is 16.4 Å². The van der Waals surface area contributed by atoms with Crippen molar-refractivity contribution in [1.82, 2.24) is 20.2 Å². The summed E-state index contributed by atoms with van der Waals surface area (Å²) in [5.41, 5.74) is 1.69. The van der Waals surface area contributed by atoms with Crippen LogP contribution in [0.15, 0.2) is 63.1 Å². The molecule has 0 unspecified atom stereocenters. The number of hydrogen-bond acceptors (Lipinski definition) is 5. The largest absolute Gasteiger partial charge is 0.325 e. The molecule has 1 N–H and O–H groups in total. The third kappa shape index (κ3) is 4.21. The maximum atomic E-state index is 12.3. The zero-order chi connectivity index (χ0) is 16.9. The Kier molecular flexibility index (Phi) is 5.27. The van der Waals surface area contributed by atoms with Crippen LogP contribution in [0.25, 0.3) is 0 Å². The van der Waals surface area contributed by atoms with Gasteiger partial charge in [-0.3, -0.25) is 4.79 Å². The van der Waals surface area contributed by atoms with Gasteiger partial charge in [-0.25, -0.2) is 4.68 Å². The quantitative estimate of drug-likeness (QED) is 0.707. The monoisotopic (exact) mass is 403 g/mol. The van der Waals surface area contributed by atoms with Gasteiger partial charge in [0.1, 0.15) is 0 Å². The zero-order valence-corrected chi connectivity index (χ0v) is 15.2. The van der Waals surface area contributed by atoms with Crippen LogP contribution in [-0.2, 0) is 18.3 Å². The fraction of sp³-hybridized carbons (Fsp3) is 0.125. The Morgan fingerprint density at radius 2 is 2.04 bits per heavy atom. The summed E-state index contributed by atoms with van der Waals surface area (Å²) in [6, 6.07) is 15.3. The summed E-state index contributed by atoms with van der Waals surface area (Å²) in [6.07, 6.45) is 0.322. The number of aromatic nitrogens is 4. The molecular weight excluding hydrogens is 390 g/mol. The normalized spacial score (nSPS) is 10.6. The fourth-order valence-electron chi connectivity index (χ4n) is 2.07. The molecule has 0 spiro atoms. The summed E-state index contributed by atoms with van der Waals surface area (Å²) < 4.78 is 2.47. The number of carbonyl (C=O) groups excluding carboxylic acids is 1. The van der Waals surface area contributed by atoms with Crippen molar-refractivity contribution in [2.75, 3.05) is 5.32 Å². The first-order chi connectivity index (χ1) is 11.6. The summed E-state index contributed by atoms with van der Waals surface area (Å²) in [5, 5.41) is 15.0. The van der Waals surface area contributed by atoms with Crippen molar-refractivity contribution in [1.29, 1.82) is 0 Å².